The minimum atomic E-state index is 0.0773. The number of rotatable bonds is 3. The van der Waals surface area contributed by atoms with Crippen LogP contribution in [0.15, 0.2) is 24.5 Å². The number of fused-ring (bicyclic) bond motifs is 1. The Morgan fingerprint density at radius 2 is 2.15 bits per heavy atom. The third-order valence-corrected chi connectivity index (χ3v) is 6.28. The van der Waals surface area contributed by atoms with E-state index in [1.165, 1.54) is 0 Å². The maximum absolute atomic E-state index is 13.0. The molecule has 2 aliphatic rings. The van der Waals surface area contributed by atoms with E-state index in [1.54, 1.807) is 0 Å². The molecule has 1 spiro atoms. The first-order chi connectivity index (χ1) is 13.0. The monoisotopic (exact) mass is 368 g/mol. The Hall–Kier alpha value is -2.37. The molecule has 0 saturated carbocycles. The zero-order valence-corrected chi connectivity index (χ0v) is 16.3. The molecule has 4 rings (SSSR count). The molecule has 2 aliphatic heterocycles. The molecular formula is C21H28N4O2. The summed E-state index contributed by atoms with van der Waals surface area (Å²) in [7, 11) is 0. The number of amides is 2. The van der Waals surface area contributed by atoms with Crippen molar-refractivity contribution in [2.75, 3.05) is 26.2 Å². The molecule has 0 bridgehead atoms. The van der Waals surface area contributed by atoms with Crippen molar-refractivity contribution in [2.24, 2.45) is 5.41 Å². The Balaban J connectivity index is 1.49. The highest BCUT2D eigenvalue weighted by Crippen LogP contribution is 2.39. The highest BCUT2D eigenvalue weighted by molar-refractivity contribution is 5.79. The first kappa shape index (κ1) is 18.0. The second-order valence-electron chi connectivity index (χ2n) is 8.14. The summed E-state index contributed by atoms with van der Waals surface area (Å²) in [5.74, 6) is 0.421. The third kappa shape index (κ3) is 3.33. The molecule has 1 atom stereocenters. The van der Waals surface area contributed by atoms with Gasteiger partial charge in [0.05, 0.1) is 12.1 Å². The maximum Gasteiger partial charge on any atom is 0.228 e. The zero-order chi connectivity index (χ0) is 19.0. The molecule has 0 aromatic carbocycles. The number of likely N-dealkylation sites (tertiary alicyclic amines) is 2. The molecule has 4 heterocycles. The molecule has 2 aromatic heterocycles. The van der Waals surface area contributed by atoms with E-state index in [0.717, 1.165) is 62.3 Å². The summed E-state index contributed by atoms with van der Waals surface area (Å²) in [5, 5.41) is 0. The van der Waals surface area contributed by atoms with Crippen LogP contribution < -0.4 is 0 Å². The molecule has 2 amide bonds. The fourth-order valence-corrected chi connectivity index (χ4v) is 4.74. The number of hydrogen-bond acceptors (Lipinski definition) is 3. The van der Waals surface area contributed by atoms with Crippen molar-refractivity contribution < 1.29 is 9.59 Å². The average Bonchev–Trinajstić information content (AvgIpc) is 3.08. The van der Waals surface area contributed by atoms with Crippen LogP contribution in [0, 0.1) is 12.3 Å². The van der Waals surface area contributed by atoms with Gasteiger partial charge in [-0.15, -0.1) is 0 Å². The molecule has 6 heteroatoms. The van der Waals surface area contributed by atoms with Gasteiger partial charge >= 0.3 is 0 Å². The molecule has 27 heavy (non-hydrogen) atoms. The summed E-state index contributed by atoms with van der Waals surface area (Å²) < 4.78 is 2.02. The smallest absolute Gasteiger partial charge is 0.228 e. The highest BCUT2D eigenvalue weighted by Gasteiger charge is 2.42. The molecule has 0 unspecified atom stereocenters. The molecule has 0 N–H and O–H groups in total. The Morgan fingerprint density at radius 3 is 2.96 bits per heavy atom. The van der Waals surface area contributed by atoms with E-state index in [4.69, 9.17) is 0 Å². The van der Waals surface area contributed by atoms with Crippen LogP contribution in [0.1, 0.15) is 43.9 Å². The van der Waals surface area contributed by atoms with Gasteiger partial charge in [0.1, 0.15) is 5.65 Å². The maximum atomic E-state index is 13.0. The van der Waals surface area contributed by atoms with Crippen LogP contribution in [0.25, 0.3) is 5.65 Å². The number of pyridine rings is 1. The fourth-order valence-electron chi connectivity index (χ4n) is 4.74. The molecule has 2 aromatic rings. The summed E-state index contributed by atoms with van der Waals surface area (Å²) in [5.41, 5.74) is 3.04. The lowest BCUT2D eigenvalue weighted by Crippen LogP contribution is -2.55. The largest absolute Gasteiger partial charge is 0.342 e. The van der Waals surface area contributed by atoms with E-state index in [1.807, 2.05) is 52.6 Å². The van der Waals surface area contributed by atoms with E-state index < -0.39 is 0 Å². The number of aryl methyl sites for hydroxylation is 1. The van der Waals surface area contributed by atoms with E-state index >= 15 is 0 Å². The van der Waals surface area contributed by atoms with Crippen LogP contribution in [-0.4, -0.2) is 57.2 Å². The minimum Gasteiger partial charge on any atom is -0.342 e. The van der Waals surface area contributed by atoms with E-state index in [9.17, 15) is 9.59 Å². The summed E-state index contributed by atoms with van der Waals surface area (Å²) in [6.07, 6.45) is 7.80. The fraction of sp³-hybridized carbons (Fsp3) is 0.571. The van der Waals surface area contributed by atoms with Crippen molar-refractivity contribution in [3.8, 4) is 0 Å². The van der Waals surface area contributed by atoms with Crippen molar-refractivity contribution in [1.82, 2.24) is 19.2 Å². The van der Waals surface area contributed by atoms with E-state index in [-0.39, 0.29) is 17.2 Å². The van der Waals surface area contributed by atoms with Crippen molar-refractivity contribution in [3.63, 3.8) is 0 Å². The van der Waals surface area contributed by atoms with Crippen molar-refractivity contribution in [1.29, 1.82) is 0 Å². The number of imidazole rings is 1. The molecule has 2 fully saturated rings. The van der Waals surface area contributed by atoms with Crippen molar-refractivity contribution >= 4 is 17.5 Å². The third-order valence-electron chi connectivity index (χ3n) is 6.28. The van der Waals surface area contributed by atoms with Gasteiger partial charge in [-0.3, -0.25) is 9.59 Å². The van der Waals surface area contributed by atoms with Crippen LogP contribution in [0.3, 0.4) is 0 Å². The van der Waals surface area contributed by atoms with Gasteiger partial charge in [0.2, 0.25) is 11.8 Å². The van der Waals surface area contributed by atoms with Gasteiger partial charge in [-0.2, -0.15) is 0 Å². The summed E-state index contributed by atoms with van der Waals surface area (Å²) >= 11 is 0. The minimum absolute atomic E-state index is 0.0773. The topological polar surface area (TPSA) is 57.9 Å². The predicted molar refractivity (Wildman–Crippen MR) is 103 cm³/mol. The number of aromatic nitrogens is 2. The zero-order valence-electron chi connectivity index (χ0n) is 16.3. The second-order valence-corrected chi connectivity index (χ2v) is 8.14. The Morgan fingerprint density at radius 1 is 1.30 bits per heavy atom. The lowest BCUT2D eigenvalue weighted by atomic mass is 9.73. The first-order valence-corrected chi connectivity index (χ1v) is 9.98. The number of hydrogen-bond donors (Lipinski definition) is 0. The normalized spacial score (nSPS) is 23.4. The summed E-state index contributed by atoms with van der Waals surface area (Å²) in [6.45, 7) is 7.21. The molecule has 0 aliphatic carbocycles. The predicted octanol–water partition coefficient (Wildman–Crippen LogP) is 2.44. The molecule has 144 valence electrons. The Bertz CT molecular complexity index is 874. The second kappa shape index (κ2) is 6.98. The average molecular weight is 368 g/mol. The Kier molecular flexibility index (Phi) is 4.66. The van der Waals surface area contributed by atoms with Gasteiger partial charge in [0.15, 0.2) is 0 Å². The van der Waals surface area contributed by atoms with Gasteiger partial charge in [0, 0.05) is 50.4 Å². The quantitative estimate of drug-likeness (QED) is 0.836. The van der Waals surface area contributed by atoms with Crippen molar-refractivity contribution in [2.45, 2.75) is 46.0 Å². The van der Waals surface area contributed by atoms with Gasteiger partial charge in [-0.05, 0) is 44.7 Å². The summed E-state index contributed by atoms with van der Waals surface area (Å²) in [4.78, 5) is 33.6. The van der Waals surface area contributed by atoms with Crippen LogP contribution in [0.2, 0.25) is 0 Å². The first-order valence-electron chi connectivity index (χ1n) is 9.98. The lowest BCUT2D eigenvalue weighted by Gasteiger charge is -2.48. The van der Waals surface area contributed by atoms with E-state index in [0.29, 0.717) is 12.8 Å². The van der Waals surface area contributed by atoms with Gasteiger partial charge in [0.25, 0.3) is 0 Å². The van der Waals surface area contributed by atoms with Gasteiger partial charge in [-0.1, -0.05) is 6.07 Å². The number of nitrogens with zero attached hydrogens (tertiary/aromatic N) is 4. The number of carbonyl (C=O) groups is 2. The standard InChI is InChI=1S/C21H28N4O2/c1-3-23-14-21(9-7-18(23)26)8-5-10-24(15-21)19(27)12-17-13-22-20-16(2)6-4-11-25(17)20/h4,6,11,13H,3,5,7-10,12,14-15H2,1-2H3/t21-/m1/s1. The number of carbonyl (C=O) groups excluding carboxylic acids is 2. The van der Waals surface area contributed by atoms with Crippen LogP contribution in [0.5, 0.6) is 0 Å². The van der Waals surface area contributed by atoms with Crippen LogP contribution in [0.4, 0.5) is 0 Å². The molecule has 6 nitrogen and oxygen atoms in total. The highest BCUT2D eigenvalue weighted by atomic mass is 16.2. The van der Waals surface area contributed by atoms with Gasteiger partial charge < -0.3 is 14.2 Å². The van der Waals surface area contributed by atoms with Crippen LogP contribution in [-0.2, 0) is 16.0 Å². The lowest BCUT2D eigenvalue weighted by molar-refractivity contribution is -0.142. The SMILES string of the molecule is CCN1C[C@@]2(CCCN(C(=O)Cc3cnc4c(C)cccn34)C2)CCC1=O. The molecule has 0 radical (unpaired) electrons. The Labute approximate surface area is 160 Å². The molecule has 2 saturated heterocycles. The number of piperidine rings is 2. The van der Waals surface area contributed by atoms with E-state index in [2.05, 4.69) is 4.98 Å². The van der Waals surface area contributed by atoms with Crippen LogP contribution >= 0.6 is 0 Å². The summed E-state index contributed by atoms with van der Waals surface area (Å²) in [6, 6.07) is 4.03. The van der Waals surface area contributed by atoms with Gasteiger partial charge in [-0.25, -0.2) is 4.98 Å². The van der Waals surface area contributed by atoms with Crippen molar-refractivity contribution in [3.05, 3.63) is 35.8 Å². The molecular weight excluding hydrogens is 340 g/mol.